The molecule has 1 aliphatic heterocycles. The van der Waals surface area contributed by atoms with Gasteiger partial charge >= 0.3 is 0 Å². The predicted molar refractivity (Wildman–Crippen MR) is 152 cm³/mol. The third kappa shape index (κ3) is 5.75. The molecule has 0 bridgehead atoms. The van der Waals surface area contributed by atoms with Gasteiger partial charge < -0.3 is 20.1 Å². The van der Waals surface area contributed by atoms with Crippen LogP contribution in [0.2, 0.25) is 0 Å². The number of ketones is 1. The highest BCUT2D eigenvalue weighted by atomic mass is 16.5. The Kier molecular flexibility index (Phi) is 8.23. The van der Waals surface area contributed by atoms with Gasteiger partial charge in [-0.1, -0.05) is 30.3 Å². The number of carbonyl (C=O) groups is 2. The van der Waals surface area contributed by atoms with Crippen molar-refractivity contribution >= 4 is 28.5 Å². The van der Waals surface area contributed by atoms with Crippen molar-refractivity contribution in [2.75, 3.05) is 33.0 Å². The minimum absolute atomic E-state index is 0.0226. The number of piperidine rings is 1. The van der Waals surface area contributed by atoms with Crippen LogP contribution in [0.25, 0.3) is 22.3 Å². The zero-order chi connectivity index (χ0) is 28.1. The summed E-state index contributed by atoms with van der Waals surface area (Å²) in [5, 5.41) is 5.62. The van der Waals surface area contributed by atoms with Crippen LogP contribution < -0.4 is 15.2 Å². The number of nitrogen functional groups attached to an aromatic ring is 1. The summed E-state index contributed by atoms with van der Waals surface area (Å²) in [6, 6.07) is 15.6. The lowest BCUT2D eigenvalue weighted by Crippen LogP contribution is -2.39. The first-order valence-electron chi connectivity index (χ1n) is 13.5. The quantitative estimate of drug-likeness (QED) is 0.315. The fraction of sp³-hybridized carbons (Fsp3) is 0.367. The number of anilines is 1. The number of hydrogen-bond acceptors (Lipinski definition) is 8. The van der Waals surface area contributed by atoms with E-state index in [1.54, 1.807) is 14.2 Å². The molecule has 208 valence electrons. The molecular formula is C30H34N6O4. The summed E-state index contributed by atoms with van der Waals surface area (Å²) in [4.78, 5) is 35.8. The Morgan fingerprint density at radius 3 is 2.42 bits per heavy atom. The summed E-state index contributed by atoms with van der Waals surface area (Å²) in [6.45, 7) is 1.19. The number of amides is 1. The van der Waals surface area contributed by atoms with E-state index in [1.165, 1.54) is 6.33 Å². The minimum atomic E-state index is 0.0226. The largest absolute Gasteiger partial charge is 0.493 e. The van der Waals surface area contributed by atoms with Gasteiger partial charge in [0.05, 0.1) is 25.6 Å². The number of nitrogens with two attached hydrogens (primary N) is 1. The van der Waals surface area contributed by atoms with Gasteiger partial charge in [0.2, 0.25) is 5.91 Å². The second-order valence-corrected chi connectivity index (χ2v) is 9.96. The number of hydrogen-bond donors (Lipinski definition) is 1. The smallest absolute Gasteiger partial charge is 0.223 e. The first-order chi connectivity index (χ1) is 19.5. The standard InChI is InChI=1S/C30H34N6O4/c1-39-24-12-9-21(18-25(24)40-2)28-27-29(31)32-19-33-30(27)36(34-28)22-14-16-35(17-15-22)26(38)13-11-23(37)10-8-20-6-4-3-5-7-20/h3-7,9,12,18-19,22H,8,10-11,13-17H2,1-2H3,(H2,31,32,33). The number of carbonyl (C=O) groups excluding carboxylic acids is 2. The van der Waals surface area contributed by atoms with Crippen LogP contribution in [0.15, 0.2) is 54.9 Å². The van der Waals surface area contributed by atoms with Crippen LogP contribution in [0.1, 0.15) is 43.7 Å². The lowest BCUT2D eigenvalue weighted by atomic mass is 10.0. The number of rotatable bonds is 10. The summed E-state index contributed by atoms with van der Waals surface area (Å²) < 4.78 is 12.8. The van der Waals surface area contributed by atoms with Crippen LogP contribution in [0.3, 0.4) is 0 Å². The molecule has 10 heteroatoms. The minimum Gasteiger partial charge on any atom is -0.493 e. The molecule has 1 fully saturated rings. The summed E-state index contributed by atoms with van der Waals surface area (Å²) in [7, 11) is 3.18. The third-order valence-corrected chi connectivity index (χ3v) is 7.49. The number of benzene rings is 2. The zero-order valence-electron chi connectivity index (χ0n) is 22.9. The van der Waals surface area contributed by atoms with E-state index in [0.717, 1.165) is 24.0 Å². The predicted octanol–water partition coefficient (Wildman–Crippen LogP) is 4.24. The van der Waals surface area contributed by atoms with Crippen LogP contribution in [-0.2, 0) is 16.0 Å². The molecule has 3 heterocycles. The van der Waals surface area contributed by atoms with Crippen molar-refractivity contribution in [3.05, 3.63) is 60.4 Å². The lowest BCUT2D eigenvalue weighted by molar-refractivity contribution is -0.134. The molecule has 0 atom stereocenters. The monoisotopic (exact) mass is 542 g/mol. The van der Waals surface area contributed by atoms with Crippen LogP contribution in [-0.4, -0.2) is 63.6 Å². The molecule has 0 unspecified atom stereocenters. The molecule has 0 saturated carbocycles. The molecule has 1 amide bonds. The van der Waals surface area contributed by atoms with E-state index in [0.29, 0.717) is 60.0 Å². The SMILES string of the molecule is COc1ccc(-c2nn(C3CCN(C(=O)CCC(=O)CCc4ccccc4)CC3)c3ncnc(N)c23)cc1OC. The molecule has 0 radical (unpaired) electrons. The Hall–Kier alpha value is -4.47. The van der Waals surface area contributed by atoms with E-state index >= 15 is 0 Å². The van der Waals surface area contributed by atoms with Crippen molar-refractivity contribution < 1.29 is 19.1 Å². The van der Waals surface area contributed by atoms with Crippen LogP contribution in [0, 0.1) is 0 Å². The molecule has 2 N–H and O–H groups in total. The van der Waals surface area contributed by atoms with Crippen LogP contribution in [0.4, 0.5) is 5.82 Å². The van der Waals surface area contributed by atoms with Gasteiger partial charge in [-0.05, 0) is 43.0 Å². The maximum Gasteiger partial charge on any atom is 0.223 e. The number of aryl methyl sites for hydroxylation is 1. The molecule has 4 aromatic rings. The number of likely N-dealkylation sites (tertiary alicyclic amines) is 1. The fourth-order valence-corrected chi connectivity index (χ4v) is 5.25. The van der Waals surface area contributed by atoms with Crippen molar-refractivity contribution in [2.24, 2.45) is 0 Å². The van der Waals surface area contributed by atoms with E-state index in [2.05, 4.69) is 9.97 Å². The summed E-state index contributed by atoms with van der Waals surface area (Å²) >= 11 is 0. The van der Waals surface area contributed by atoms with Crippen molar-refractivity contribution in [3.63, 3.8) is 0 Å². The van der Waals surface area contributed by atoms with Gasteiger partial charge in [-0.2, -0.15) is 5.10 Å². The Balaban J connectivity index is 1.24. The number of Topliss-reactive ketones (excluding diaryl/α,β-unsaturated/α-hetero) is 1. The molecule has 1 aliphatic rings. The maximum atomic E-state index is 12.9. The average Bonchev–Trinajstić information content (AvgIpc) is 3.40. The molecule has 2 aromatic carbocycles. The Morgan fingerprint density at radius 2 is 1.70 bits per heavy atom. The van der Waals surface area contributed by atoms with Crippen molar-refractivity contribution in [1.82, 2.24) is 24.6 Å². The van der Waals surface area contributed by atoms with Crippen molar-refractivity contribution in [1.29, 1.82) is 0 Å². The normalized spacial score (nSPS) is 13.9. The van der Waals surface area contributed by atoms with Crippen LogP contribution >= 0.6 is 0 Å². The van der Waals surface area contributed by atoms with Crippen LogP contribution in [0.5, 0.6) is 11.5 Å². The van der Waals surface area contributed by atoms with Gasteiger partial charge in [0, 0.05) is 37.9 Å². The molecule has 1 saturated heterocycles. The molecule has 10 nitrogen and oxygen atoms in total. The molecule has 2 aromatic heterocycles. The number of methoxy groups -OCH3 is 2. The Bertz CT molecular complexity index is 1500. The highest BCUT2D eigenvalue weighted by Crippen LogP contribution is 2.37. The Labute approximate surface area is 233 Å². The highest BCUT2D eigenvalue weighted by molar-refractivity contribution is 5.98. The molecule has 0 aliphatic carbocycles. The van der Waals surface area contributed by atoms with Gasteiger partial charge in [-0.3, -0.25) is 9.59 Å². The summed E-state index contributed by atoms with van der Waals surface area (Å²) in [5.74, 6) is 1.70. The second-order valence-electron chi connectivity index (χ2n) is 9.96. The fourth-order valence-electron chi connectivity index (χ4n) is 5.25. The Morgan fingerprint density at radius 1 is 0.950 bits per heavy atom. The number of aromatic nitrogens is 4. The third-order valence-electron chi connectivity index (χ3n) is 7.49. The van der Waals surface area contributed by atoms with Crippen molar-refractivity contribution in [2.45, 2.75) is 44.6 Å². The maximum absolute atomic E-state index is 12.9. The van der Waals surface area contributed by atoms with Gasteiger partial charge in [0.25, 0.3) is 0 Å². The van der Waals surface area contributed by atoms with Gasteiger partial charge in [-0.25, -0.2) is 14.6 Å². The lowest BCUT2D eigenvalue weighted by Gasteiger charge is -2.32. The molecular weight excluding hydrogens is 508 g/mol. The highest BCUT2D eigenvalue weighted by Gasteiger charge is 2.28. The zero-order valence-corrected chi connectivity index (χ0v) is 22.9. The van der Waals surface area contributed by atoms with E-state index < -0.39 is 0 Å². The topological polar surface area (TPSA) is 125 Å². The summed E-state index contributed by atoms with van der Waals surface area (Å²) in [6.07, 6.45) is 4.58. The molecule has 5 rings (SSSR count). The number of nitrogens with zero attached hydrogens (tertiary/aromatic N) is 5. The molecule has 40 heavy (non-hydrogen) atoms. The van der Waals surface area contributed by atoms with Gasteiger partial charge in [0.15, 0.2) is 17.1 Å². The number of ether oxygens (including phenoxy) is 2. The second kappa shape index (κ2) is 12.1. The first kappa shape index (κ1) is 27.1. The van der Waals surface area contributed by atoms with E-state index in [1.807, 2.05) is 58.1 Å². The summed E-state index contributed by atoms with van der Waals surface area (Å²) in [5.41, 5.74) is 9.57. The van der Waals surface area contributed by atoms with Gasteiger partial charge in [-0.15, -0.1) is 0 Å². The van der Waals surface area contributed by atoms with Crippen molar-refractivity contribution in [3.8, 4) is 22.8 Å². The van der Waals surface area contributed by atoms with Gasteiger partial charge in [0.1, 0.15) is 23.6 Å². The molecule has 0 spiro atoms. The first-order valence-corrected chi connectivity index (χ1v) is 13.5. The number of fused-ring (bicyclic) bond motifs is 1. The van der Waals surface area contributed by atoms with E-state index in [9.17, 15) is 9.59 Å². The average molecular weight is 543 g/mol. The van der Waals surface area contributed by atoms with E-state index in [4.69, 9.17) is 20.3 Å². The van der Waals surface area contributed by atoms with E-state index in [-0.39, 0.29) is 30.6 Å².